The number of hydrogen-bond donors (Lipinski definition) is 2. The summed E-state index contributed by atoms with van der Waals surface area (Å²) in [5, 5.41) is 11.5. The second-order valence-corrected chi connectivity index (χ2v) is 8.34. The molecule has 2 aromatic carbocycles. The van der Waals surface area contributed by atoms with Gasteiger partial charge in [-0.05, 0) is 24.3 Å². The SMILES string of the molecule is C.COc1cc(Cl)cc(C(=O)Nc2ccc(Cl)cn2)c1CC(=O)c1ccc(C(=N)N2CC2)cc1. The second kappa shape index (κ2) is 10.7. The fraction of sp³-hybridized carbons (Fsp3) is 0.200. The molecular formula is C25H24Cl2N4O3. The predicted molar refractivity (Wildman–Crippen MR) is 135 cm³/mol. The molecule has 0 spiro atoms. The van der Waals surface area contributed by atoms with E-state index in [0.717, 1.165) is 18.7 Å². The van der Waals surface area contributed by atoms with Gasteiger partial charge in [0.05, 0.1) is 12.1 Å². The molecule has 1 aliphatic heterocycles. The molecule has 1 aliphatic rings. The Labute approximate surface area is 208 Å². The van der Waals surface area contributed by atoms with Gasteiger partial charge in [-0.3, -0.25) is 15.0 Å². The van der Waals surface area contributed by atoms with E-state index in [-0.39, 0.29) is 25.2 Å². The Morgan fingerprint density at radius 2 is 1.74 bits per heavy atom. The largest absolute Gasteiger partial charge is 0.496 e. The molecule has 1 saturated heterocycles. The molecule has 7 nitrogen and oxygen atoms in total. The molecular weight excluding hydrogens is 475 g/mol. The highest BCUT2D eigenvalue weighted by Crippen LogP contribution is 2.30. The van der Waals surface area contributed by atoms with Crippen molar-refractivity contribution in [2.45, 2.75) is 13.8 Å². The van der Waals surface area contributed by atoms with Crippen molar-refractivity contribution in [2.75, 3.05) is 25.5 Å². The monoisotopic (exact) mass is 498 g/mol. The van der Waals surface area contributed by atoms with Gasteiger partial charge in [-0.2, -0.15) is 0 Å². The van der Waals surface area contributed by atoms with Gasteiger partial charge in [0.2, 0.25) is 0 Å². The van der Waals surface area contributed by atoms with Crippen LogP contribution in [-0.4, -0.2) is 47.6 Å². The van der Waals surface area contributed by atoms with Crippen LogP contribution in [0.5, 0.6) is 5.75 Å². The fourth-order valence-electron chi connectivity index (χ4n) is 3.35. The molecule has 1 aromatic heterocycles. The Balaban J connectivity index is 0.00000324. The van der Waals surface area contributed by atoms with Crippen molar-refractivity contribution in [3.8, 4) is 5.75 Å². The maximum atomic E-state index is 13.1. The van der Waals surface area contributed by atoms with Crippen LogP contribution in [0, 0.1) is 5.41 Å². The lowest BCUT2D eigenvalue weighted by Gasteiger charge is -2.15. The number of aromatic nitrogens is 1. The lowest BCUT2D eigenvalue weighted by molar-refractivity contribution is 0.0991. The Hall–Kier alpha value is -3.42. The lowest BCUT2D eigenvalue weighted by atomic mass is 9.96. The van der Waals surface area contributed by atoms with Crippen molar-refractivity contribution in [3.05, 3.63) is 87.0 Å². The standard InChI is InChI=1S/C24H20Cl2N4O3.CH4/c1-33-21-11-17(26)10-19(24(32)29-22-7-6-16(25)13-28-22)18(21)12-20(31)14-2-4-15(5-3-14)23(27)30-8-9-30;/h2-7,10-11,13,27H,8-9,12H2,1H3,(H,28,29,32);1H4. The summed E-state index contributed by atoms with van der Waals surface area (Å²) >= 11 is 12.0. The number of amides is 1. The number of nitrogens with one attached hydrogen (secondary N) is 2. The molecule has 1 amide bonds. The number of pyridine rings is 1. The zero-order chi connectivity index (χ0) is 23.5. The van der Waals surface area contributed by atoms with Crippen LogP contribution in [0.4, 0.5) is 5.82 Å². The molecule has 34 heavy (non-hydrogen) atoms. The molecule has 0 aliphatic carbocycles. The van der Waals surface area contributed by atoms with Crippen molar-refractivity contribution in [1.29, 1.82) is 5.41 Å². The van der Waals surface area contributed by atoms with Crippen LogP contribution in [-0.2, 0) is 6.42 Å². The Morgan fingerprint density at radius 3 is 2.32 bits per heavy atom. The normalized spacial score (nSPS) is 11.9. The zero-order valence-electron chi connectivity index (χ0n) is 17.7. The Bertz CT molecular complexity index is 1220. The summed E-state index contributed by atoms with van der Waals surface area (Å²) in [7, 11) is 1.45. The molecule has 9 heteroatoms. The zero-order valence-corrected chi connectivity index (χ0v) is 19.2. The number of anilines is 1. The van der Waals surface area contributed by atoms with E-state index in [1.807, 2.05) is 4.90 Å². The number of ether oxygens (including phenoxy) is 1. The third-order valence-electron chi connectivity index (χ3n) is 5.19. The molecule has 0 radical (unpaired) electrons. The van der Waals surface area contributed by atoms with Crippen LogP contribution in [0.25, 0.3) is 0 Å². The Kier molecular flexibility index (Phi) is 7.91. The first kappa shape index (κ1) is 25.2. The van der Waals surface area contributed by atoms with Crippen molar-refractivity contribution >= 4 is 46.5 Å². The Morgan fingerprint density at radius 1 is 1.06 bits per heavy atom. The van der Waals surface area contributed by atoms with Crippen LogP contribution in [0.2, 0.25) is 10.0 Å². The topological polar surface area (TPSA) is 95.1 Å². The molecule has 4 rings (SSSR count). The summed E-state index contributed by atoms with van der Waals surface area (Å²) < 4.78 is 5.42. The van der Waals surface area contributed by atoms with E-state index in [1.165, 1.54) is 19.4 Å². The number of benzene rings is 2. The fourth-order valence-corrected chi connectivity index (χ4v) is 3.67. The lowest BCUT2D eigenvalue weighted by Crippen LogP contribution is -2.18. The molecule has 0 unspecified atom stereocenters. The second-order valence-electron chi connectivity index (χ2n) is 7.46. The van der Waals surface area contributed by atoms with E-state index in [0.29, 0.717) is 38.6 Å². The molecule has 0 bridgehead atoms. The number of Topliss-reactive ketones (excluding diaryl/α,β-unsaturated/α-hetero) is 1. The number of ketones is 1. The summed E-state index contributed by atoms with van der Waals surface area (Å²) in [6.45, 7) is 1.76. The third-order valence-corrected chi connectivity index (χ3v) is 5.63. The number of hydrogen-bond acceptors (Lipinski definition) is 5. The summed E-state index contributed by atoms with van der Waals surface area (Å²) in [5.74, 6) is 0.424. The number of carbonyl (C=O) groups excluding carboxylic acids is 2. The number of amidine groups is 1. The van der Waals surface area contributed by atoms with E-state index in [9.17, 15) is 9.59 Å². The smallest absolute Gasteiger partial charge is 0.257 e. The first-order valence-corrected chi connectivity index (χ1v) is 10.9. The van der Waals surface area contributed by atoms with E-state index in [2.05, 4.69) is 10.3 Å². The van der Waals surface area contributed by atoms with E-state index in [1.54, 1.807) is 42.5 Å². The van der Waals surface area contributed by atoms with Crippen molar-refractivity contribution in [3.63, 3.8) is 0 Å². The van der Waals surface area contributed by atoms with Crippen LogP contribution < -0.4 is 10.1 Å². The number of halogens is 2. The minimum absolute atomic E-state index is 0. The van der Waals surface area contributed by atoms with Gasteiger partial charge in [-0.15, -0.1) is 0 Å². The van der Waals surface area contributed by atoms with Gasteiger partial charge in [0.15, 0.2) is 5.78 Å². The molecule has 176 valence electrons. The van der Waals surface area contributed by atoms with Crippen LogP contribution in [0.15, 0.2) is 54.7 Å². The van der Waals surface area contributed by atoms with Gasteiger partial charge in [-0.25, -0.2) is 4.98 Å². The van der Waals surface area contributed by atoms with Gasteiger partial charge in [0.1, 0.15) is 17.4 Å². The van der Waals surface area contributed by atoms with Crippen LogP contribution in [0.1, 0.15) is 39.3 Å². The first-order valence-electron chi connectivity index (χ1n) is 10.1. The molecule has 0 saturated carbocycles. The minimum Gasteiger partial charge on any atom is -0.496 e. The highest BCUT2D eigenvalue weighted by Gasteiger charge is 2.23. The molecule has 0 atom stereocenters. The molecule has 2 heterocycles. The quantitative estimate of drug-likeness (QED) is 0.198. The van der Waals surface area contributed by atoms with Crippen LogP contribution in [0.3, 0.4) is 0 Å². The highest BCUT2D eigenvalue weighted by molar-refractivity contribution is 6.31. The predicted octanol–water partition coefficient (Wildman–Crippen LogP) is 5.35. The molecule has 2 N–H and O–H groups in total. The maximum absolute atomic E-state index is 13.1. The molecule has 3 aromatic rings. The number of rotatable bonds is 7. The summed E-state index contributed by atoms with van der Waals surface area (Å²) in [5.41, 5.74) is 1.85. The average molecular weight is 499 g/mol. The summed E-state index contributed by atoms with van der Waals surface area (Å²) in [6, 6.07) is 13.1. The van der Waals surface area contributed by atoms with E-state index < -0.39 is 5.91 Å². The summed E-state index contributed by atoms with van der Waals surface area (Å²) in [4.78, 5) is 32.1. The first-order chi connectivity index (χ1) is 15.9. The highest BCUT2D eigenvalue weighted by atomic mass is 35.5. The van der Waals surface area contributed by atoms with Crippen LogP contribution >= 0.6 is 23.2 Å². The van der Waals surface area contributed by atoms with Crippen molar-refractivity contribution < 1.29 is 14.3 Å². The third kappa shape index (κ3) is 5.73. The van der Waals surface area contributed by atoms with Gasteiger partial charge < -0.3 is 15.0 Å². The number of nitrogens with zero attached hydrogens (tertiary/aromatic N) is 2. The molecule has 1 fully saturated rings. The van der Waals surface area contributed by atoms with E-state index in [4.69, 9.17) is 33.3 Å². The van der Waals surface area contributed by atoms with Crippen molar-refractivity contribution in [2.24, 2.45) is 0 Å². The van der Waals surface area contributed by atoms with Gasteiger partial charge in [0, 0.05) is 53.0 Å². The van der Waals surface area contributed by atoms with Crippen molar-refractivity contribution in [1.82, 2.24) is 9.88 Å². The van der Waals surface area contributed by atoms with Gasteiger partial charge >= 0.3 is 0 Å². The summed E-state index contributed by atoms with van der Waals surface area (Å²) in [6.07, 6.45) is 1.35. The van der Waals surface area contributed by atoms with E-state index >= 15 is 0 Å². The van der Waals surface area contributed by atoms with Gasteiger partial charge in [-0.1, -0.05) is 54.9 Å². The number of methoxy groups -OCH3 is 1. The average Bonchev–Trinajstić information content (AvgIpc) is 3.66. The minimum atomic E-state index is -0.476. The number of carbonyl (C=O) groups is 2. The van der Waals surface area contributed by atoms with Gasteiger partial charge in [0.25, 0.3) is 5.91 Å². The maximum Gasteiger partial charge on any atom is 0.257 e.